The van der Waals surface area contributed by atoms with Gasteiger partial charge in [-0.1, -0.05) is 18.5 Å². The van der Waals surface area contributed by atoms with Gasteiger partial charge in [-0.25, -0.2) is 4.98 Å². The van der Waals surface area contributed by atoms with Crippen molar-refractivity contribution in [1.82, 2.24) is 4.98 Å². The zero-order chi connectivity index (χ0) is 10.8. The van der Waals surface area contributed by atoms with Gasteiger partial charge in [0.05, 0.1) is 5.69 Å². The molecule has 0 radical (unpaired) electrons. The number of nitrogens with one attached hydrogen (secondary N) is 1. The Kier molecular flexibility index (Phi) is 3.15. The van der Waals surface area contributed by atoms with Gasteiger partial charge < -0.3 is 5.32 Å². The van der Waals surface area contributed by atoms with Crippen molar-refractivity contribution in [3.8, 4) is 0 Å². The summed E-state index contributed by atoms with van der Waals surface area (Å²) in [6.07, 6.45) is 5.60. The highest BCUT2D eigenvalue weighted by molar-refractivity contribution is 6.32. The summed E-state index contributed by atoms with van der Waals surface area (Å²) < 4.78 is 0. The SMILES string of the molecule is CCC(Nc1c(C)ccnc1Cl)C1CC1. The maximum absolute atomic E-state index is 6.08. The molecule has 2 nitrogen and oxygen atoms in total. The summed E-state index contributed by atoms with van der Waals surface area (Å²) in [4.78, 5) is 4.11. The first-order chi connectivity index (χ1) is 7.22. The second-order valence-corrected chi connectivity index (χ2v) is 4.65. The van der Waals surface area contributed by atoms with Crippen LogP contribution in [0.2, 0.25) is 5.15 Å². The van der Waals surface area contributed by atoms with E-state index in [0.717, 1.165) is 18.0 Å². The number of nitrogens with zero attached hydrogens (tertiary/aromatic N) is 1. The number of halogens is 1. The van der Waals surface area contributed by atoms with Gasteiger partial charge in [-0.2, -0.15) is 0 Å². The van der Waals surface area contributed by atoms with Crippen LogP contribution in [0.4, 0.5) is 5.69 Å². The van der Waals surface area contributed by atoms with Crippen molar-refractivity contribution >= 4 is 17.3 Å². The number of hydrogen-bond donors (Lipinski definition) is 1. The highest BCUT2D eigenvalue weighted by atomic mass is 35.5. The molecule has 1 aliphatic carbocycles. The van der Waals surface area contributed by atoms with E-state index >= 15 is 0 Å². The molecular formula is C12H17ClN2. The Labute approximate surface area is 96.1 Å². The largest absolute Gasteiger partial charge is 0.379 e. The average molecular weight is 225 g/mol. The molecule has 1 aliphatic rings. The minimum absolute atomic E-state index is 0.561. The maximum atomic E-state index is 6.08. The van der Waals surface area contributed by atoms with Crippen LogP contribution in [0.1, 0.15) is 31.7 Å². The highest BCUT2D eigenvalue weighted by Gasteiger charge is 2.30. The van der Waals surface area contributed by atoms with Crippen LogP contribution in [0.5, 0.6) is 0 Å². The van der Waals surface area contributed by atoms with E-state index < -0.39 is 0 Å². The summed E-state index contributed by atoms with van der Waals surface area (Å²) in [5, 5.41) is 4.12. The van der Waals surface area contributed by atoms with E-state index in [9.17, 15) is 0 Å². The standard InChI is InChI=1S/C12H17ClN2/c1-3-10(9-4-5-9)15-11-8(2)6-7-14-12(11)13/h6-7,9-10,15H,3-5H2,1-2H3. The second-order valence-electron chi connectivity index (χ2n) is 4.29. The van der Waals surface area contributed by atoms with E-state index in [1.54, 1.807) is 6.20 Å². The van der Waals surface area contributed by atoms with Crippen molar-refractivity contribution in [1.29, 1.82) is 0 Å². The van der Waals surface area contributed by atoms with E-state index in [-0.39, 0.29) is 0 Å². The molecule has 15 heavy (non-hydrogen) atoms. The number of rotatable bonds is 4. The van der Waals surface area contributed by atoms with Crippen LogP contribution < -0.4 is 5.32 Å². The Balaban J connectivity index is 2.14. The number of aromatic nitrogens is 1. The third-order valence-corrected chi connectivity index (χ3v) is 3.36. The van der Waals surface area contributed by atoms with Crippen molar-refractivity contribution in [2.45, 2.75) is 39.2 Å². The van der Waals surface area contributed by atoms with Crippen LogP contribution in [-0.2, 0) is 0 Å². The molecule has 1 unspecified atom stereocenters. The van der Waals surface area contributed by atoms with Crippen molar-refractivity contribution in [3.63, 3.8) is 0 Å². The molecule has 0 bridgehead atoms. The summed E-state index contributed by atoms with van der Waals surface area (Å²) in [7, 11) is 0. The lowest BCUT2D eigenvalue weighted by atomic mass is 10.1. The number of anilines is 1. The summed E-state index contributed by atoms with van der Waals surface area (Å²) in [6, 6.07) is 2.55. The van der Waals surface area contributed by atoms with Crippen molar-refractivity contribution in [2.24, 2.45) is 5.92 Å². The Morgan fingerprint density at radius 2 is 2.33 bits per heavy atom. The Bertz CT molecular complexity index is 327. The van der Waals surface area contributed by atoms with Crippen molar-refractivity contribution in [2.75, 3.05) is 5.32 Å². The molecule has 3 heteroatoms. The molecule has 1 aromatic rings. The van der Waals surface area contributed by atoms with E-state index in [1.807, 2.05) is 6.07 Å². The minimum Gasteiger partial charge on any atom is -0.379 e. The fourth-order valence-corrected chi connectivity index (χ4v) is 2.20. The van der Waals surface area contributed by atoms with Gasteiger partial charge in [-0.3, -0.25) is 0 Å². The van der Waals surface area contributed by atoms with Gasteiger partial charge in [0.25, 0.3) is 0 Å². The van der Waals surface area contributed by atoms with Crippen LogP contribution in [0, 0.1) is 12.8 Å². The number of pyridine rings is 1. The molecule has 1 atom stereocenters. The zero-order valence-electron chi connectivity index (χ0n) is 9.26. The van der Waals surface area contributed by atoms with Crippen LogP contribution >= 0.6 is 11.6 Å². The van der Waals surface area contributed by atoms with Crippen LogP contribution in [0.25, 0.3) is 0 Å². The van der Waals surface area contributed by atoms with E-state index in [2.05, 4.69) is 24.1 Å². The molecule has 82 valence electrons. The first-order valence-electron chi connectivity index (χ1n) is 5.60. The first kappa shape index (κ1) is 10.7. The van der Waals surface area contributed by atoms with Crippen LogP contribution in [0.15, 0.2) is 12.3 Å². The second kappa shape index (κ2) is 4.40. The number of hydrogen-bond acceptors (Lipinski definition) is 2. The molecule has 0 aromatic carbocycles. The molecule has 1 heterocycles. The van der Waals surface area contributed by atoms with E-state index in [1.165, 1.54) is 18.4 Å². The first-order valence-corrected chi connectivity index (χ1v) is 5.97. The molecule has 0 saturated heterocycles. The summed E-state index contributed by atoms with van der Waals surface area (Å²) in [6.45, 7) is 4.28. The third-order valence-electron chi connectivity index (χ3n) is 3.07. The number of aryl methyl sites for hydroxylation is 1. The maximum Gasteiger partial charge on any atom is 0.152 e. The monoisotopic (exact) mass is 224 g/mol. The fourth-order valence-electron chi connectivity index (χ4n) is 1.94. The summed E-state index contributed by atoms with van der Waals surface area (Å²) >= 11 is 6.08. The van der Waals surface area contributed by atoms with Crippen molar-refractivity contribution < 1.29 is 0 Å². The molecule has 0 spiro atoms. The van der Waals surface area contributed by atoms with Crippen LogP contribution in [0.3, 0.4) is 0 Å². The Morgan fingerprint density at radius 1 is 1.60 bits per heavy atom. The topological polar surface area (TPSA) is 24.9 Å². The molecular weight excluding hydrogens is 208 g/mol. The molecule has 1 aromatic heterocycles. The van der Waals surface area contributed by atoms with Gasteiger partial charge in [0.1, 0.15) is 0 Å². The molecule has 1 saturated carbocycles. The average Bonchev–Trinajstić information content (AvgIpc) is 3.01. The Morgan fingerprint density at radius 3 is 2.87 bits per heavy atom. The van der Waals surface area contributed by atoms with E-state index in [0.29, 0.717) is 11.2 Å². The smallest absolute Gasteiger partial charge is 0.152 e. The molecule has 0 aliphatic heterocycles. The normalized spacial score (nSPS) is 17.5. The lowest BCUT2D eigenvalue weighted by molar-refractivity contribution is 0.616. The lowest BCUT2D eigenvalue weighted by Gasteiger charge is -2.19. The van der Waals surface area contributed by atoms with Gasteiger partial charge in [0, 0.05) is 12.2 Å². The fraction of sp³-hybridized carbons (Fsp3) is 0.583. The lowest BCUT2D eigenvalue weighted by Crippen LogP contribution is -2.21. The van der Waals surface area contributed by atoms with Crippen molar-refractivity contribution in [3.05, 3.63) is 23.0 Å². The van der Waals surface area contributed by atoms with Gasteiger partial charge >= 0.3 is 0 Å². The molecule has 1 N–H and O–H groups in total. The highest BCUT2D eigenvalue weighted by Crippen LogP contribution is 2.37. The van der Waals surface area contributed by atoms with Crippen LogP contribution in [-0.4, -0.2) is 11.0 Å². The summed E-state index contributed by atoms with van der Waals surface area (Å²) in [5.74, 6) is 0.839. The van der Waals surface area contributed by atoms with Gasteiger partial charge in [0.2, 0.25) is 0 Å². The predicted octanol–water partition coefficient (Wildman–Crippen LogP) is 3.64. The van der Waals surface area contributed by atoms with Gasteiger partial charge in [-0.15, -0.1) is 0 Å². The summed E-state index contributed by atoms with van der Waals surface area (Å²) in [5.41, 5.74) is 2.19. The molecule has 0 amide bonds. The van der Waals surface area contributed by atoms with Gasteiger partial charge in [0.15, 0.2) is 5.15 Å². The minimum atomic E-state index is 0.561. The van der Waals surface area contributed by atoms with Gasteiger partial charge in [-0.05, 0) is 43.7 Å². The molecule has 1 fully saturated rings. The third kappa shape index (κ3) is 2.43. The quantitative estimate of drug-likeness (QED) is 0.790. The predicted molar refractivity (Wildman–Crippen MR) is 64.4 cm³/mol. The molecule has 2 rings (SSSR count). The van der Waals surface area contributed by atoms with E-state index in [4.69, 9.17) is 11.6 Å². The Hall–Kier alpha value is -0.760. The zero-order valence-corrected chi connectivity index (χ0v) is 10.0.